The fourth-order valence-electron chi connectivity index (χ4n) is 8.45. The Labute approximate surface area is 187 Å². The Morgan fingerprint density at radius 2 is 1.91 bits per heavy atom. The van der Waals surface area contributed by atoms with Gasteiger partial charge in [0, 0.05) is 22.9 Å². The number of fused-ring (bicyclic) bond motifs is 1. The van der Waals surface area contributed by atoms with Crippen molar-refractivity contribution in [1.29, 1.82) is 0 Å². The van der Waals surface area contributed by atoms with Gasteiger partial charge in [-0.2, -0.15) is 0 Å². The molecule has 2 aliphatic heterocycles. The number of likely N-dealkylation sites (N-methyl/N-ethyl adjacent to an activating group) is 1. The van der Waals surface area contributed by atoms with Crippen LogP contribution in [0.2, 0.25) is 0 Å². The highest BCUT2D eigenvalue weighted by Crippen LogP contribution is 2.78. The van der Waals surface area contributed by atoms with E-state index >= 15 is 0 Å². The van der Waals surface area contributed by atoms with E-state index in [-0.39, 0.29) is 23.9 Å². The smallest absolute Gasteiger partial charge is 0.310 e. The lowest BCUT2D eigenvalue weighted by molar-refractivity contribution is -0.226. The monoisotopic (exact) mass is 439 g/mol. The van der Waals surface area contributed by atoms with Gasteiger partial charge < -0.3 is 23.8 Å². The molecule has 4 bridgehead atoms. The van der Waals surface area contributed by atoms with Gasteiger partial charge in [-0.3, -0.25) is 9.59 Å². The van der Waals surface area contributed by atoms with Crippen LogP contribution < -0.4 is 9.47 Å². The van der Waals surface area contributed by atoms with Crippen molar-refractivity contribution < 1.29 is 28.5 Å². The van der Waals surface area contributed by atoms with E-state index in [2.05, 4.69) is 37.1 Å². The lowest BCUT2D eigenvalue weighted by Gasteiger charge is -2.73. The predicted molar refractivity (Wildman–Crippen MR) is 115 cm³/mol. The Kier molecular flexibility index (Phi) is 3.81. The first-order valence-corrected chi connectivity index (χ1v) is 11.3. The third-order valence-corrected chi connectivity index (χ3v) is 9.50. The number of hydrogen-bond donors (Lipinski definition) is 0. The summed E-state index contributed by atoms with van der Waals surface area (Å²) >= 11 is 0. The predicted octanol–water partition coefficient (Wildman–Crippen LogP) is 2.11. The number of likely N-dealkylation sites (tertiary alicyclic amines) is 1. The van der Waals surface area contributed by atoms with Gasteiger partial charge in [0.25, 0.3) is 0 Å². The fourth-order valence-corrected chi connectivity index (χ4v) is 8.45. The number of carbonyl (C=O) groups excluding carboxylic acids is 2. The lowest BCUT2D eigenvalue weighted by Crippen LogP contribution is -2.82. The largest absolute Gasteiger partial charge is 0.493 e. The normalized spacial score (nSPS) is 42.2. The molecule has 2 fully saturated rings. The summed E-state index contributed by atoms with van der Waals surface area (Å²) in [5.41, 5.74) is 0.579. The lowest BCUT2D eigenvalue weighted by atomic mass is 9.32. The molecule has 1 aromatic rings. The van der Waals surface area contributed by atoms with Crippen molar-refractivity contribution in [2.24, 2.45) is 23.2 Å². The topological polar surface area (TPSA) is 74.3 Å². The summed E-state index contributed by atoms with van der Waals surface area (Å²) < 4.78 is 23.2. The molecule has 0 amide bonds. The van der Waals surface area contributed by atoms with Gasteiger partial charge >= 0.3 is 11.9 Å². The molecule has 1 aromatic carbocycles. The maximum absolute atomic E-state index is 13.5. The highest BCUT2D eigenvalue weighted by molar-refractivity contribution is 5.87. The highest BCUT2D eigenvalue weighted by atomic mass is 16.5. The minimum Gasteiger partial charge on any atom is -0.493 e. The highest BCUT2D eigenvalue weighted by Gasteiger charge is 2.84. The van der Waals surface area contributed by atoms with Crippen molar-refractivity contribution in [3.05, 3.63) is 35.4 Å². The SMILES string of the molecule is COC(=O)C1C2C=CC3(C1C(=O)OC)C1Cc4ccc(OC)c5c4C3(CCN1C)C2(C)O5. The number of hydrogen-bond acceptors (Lipinski definition) is 7. The molecule has 6 aliphatic rings. The zero-order valence-electron chi connectivity index (χ0n) is 19.1. The Hall–Kier alpha value is -2.54. The summed E-state index contributed by atoms with van der Waals surface area (Å²) in [7, 11) is 6.57. The van der Waals surface area contributed by atoms with Crippen LogP contribution in [0.25, 0.3) is 0 Å². The molecule has 1 saturated carbocycles. The average Bonchev–Trinajstić information content (AvgIpc) is 3.09. The van der Waals surface area contributed by atoms with Crippen LogP contribution in [0.15, 0.2) is 24.3 Å². The number of piperidine rings is 1. The zero-order valence-corrected chi connectivity index (χ0v) is 19.1. The van der Waals surface area contributed by atoms with Gasteiger partial charge in [-0.1, -0.05) is 18.2 Å². The van der Waals surface area contributed by atoms with Crippen LogP contribution in [-0.2, 0) is 30.9 Å². The summed E-state index contributed by atoms with van der Waals surface area (Å²) in [4.78, 5) is 29.1. The number of ether oxygens (including phenoxy) is 4. The number of rotatable bonds is 3. The van der Waals surface area contributed by atoms with Crippen LogP contribution in [0.5, 0.6) is 11.5 Å². The van der Waals surface area contributed by atoms with E-state index < -0.39 is 28.3 Å². The van der Waals surface area contributed by atoms with Gasteiger partial charge in [-0.25, -0.2) is 0 Å². The third-order valence-electron chi connectivity index (χ3n) is 9.50. The molecule has 0 radical (unpaired) electrons. The van der Waals surface area contributed by atoms with Crippen LogP contribution in [-0.4, -0.2) is 63.4 Å². The number of methoxy groups -OCH3 is 3. The molecule has 7 nitrogen and oxygen atoms in total. The molecular formula is C25H29NO6. The second-order valence-corrected chi connectivity index (χ2v) is 10.1. The van der Waals surface area contributed by atoms with E-state index in [9.17, 15) is 9.59 Å². The van der Waals surface area contributed by atoms with Crippen LogP contribution >= 0.6 is 0 Å². The van der Waals surface area contributed by atoms with Crippen molar-refractivity contribution in [3.8, 4) is 11.5 Å². The van der Waals surface area contributed by atoms with E-state index in [1.165, 1.54) is 19.8 Å². The summed E-state index contributed by atoms with van der Waals surface area (Å²) in [5, 5.41) is 0. The van der Waals surface area contributed by atoms with Crippen molar-refractivity contribution in [1.82, 2.24) is 4.90 Å². The molecule has 2 spiro atoms. The summed E-state index contributed by atoms with van der Waals surface area (Å²) in [6.45, 7) is 3.01. The molecule has 7 unspecified atom stereocenters. The van der Waals surface area contributed by atoms with Gasteiger partial charge in [-0.05, 0) is 45.0 Å². The molecular weight excluding hydrogens is 410 g/mol. The van der Waals surface area contributed by atoms with Crippen LogP contribution in [0.3, 0.4) is 0 Å². The molecule has 2 heterocycles. The first-order chi connectivity index (χ1) is 15.3. The summed E-state index contributed by atoms with van der Waals surface area (Å²) in [6, 6.07) is 4.15. The molecule has 0 N–H and O–H groups in total. The second kappa shape index (κ2) is 6.07. The van der Waals surface area contributed by atoms with Gasteiger partial charge in [0.1, 0.15) is 5.60 Å². The van der Waals surface area contributed by atoms with Gasteiger partial charge in [0.2, 0.25) is 0 Å². The molecule has 7 atom stereocenters. The molecule has 32 heavy (non-hydrogen) atoms. The van der Waals surface area contributed by atoms with E-state index in [0.29, 0.717) is 5.75 Å². The van der Waals surface area contributed by atoms with Crippen molar-refractivity contribution in [2.75, 3.05) is 34.9 Å². The number of carbonyl (C=O) groups is 2. The minimum atomic E-state index is -0.712. The van der Waals surface area contributed by atoms with Crippen molar-refractivity contribution >= 4 is 11.9 Å². The van der Waals surface area contributed by atoms with E-state index in [4.69, 9.17) is 18.9 Å². The van der Waals surface area contributed by atoms with Gasteiger partial charge in [-0.15, -0.1) is 0 Å². The molecule has 0 aromatic heterocycles. The average molecular weight is 440 g/mol. The number of esters is 2. The molecule has 7 heteroatoms. The number of benzene rings is 1. The van der Waals surface area contributed by atoms with Crippen LogP contribution in [0.1, 0.15) is 24.5 Å². The van der Waals surface area contributed by atoms with Gasteiger partial charge in [0.15, 0.2) is 11.5 Å². The maximum Gasteiger partial charge on any atom is 0.310 e. The van der Waals surface area contributed by atoms with Crippen molar-refractivity contribution in [2.45, 2.75) is 36.8 Å². The van der Waals surface area contributed by atoms with Crippen LogP contribution in [0, 0.1) is 23.2 Å². The quantitative estimate of drug-likeness (QED) is 0.528. The molecule has 4 aliphatic carbocycles. The minimum absolute atomic E-state index is 0.0276. The Bertz CT molecular complexity index is 1080. The fraction of sp³-hybridized carbons (Fsp3) is 0.600. The second-order valence-electron chi connectivity index (χ2n) is 10.1. The third kappa shape index (κ3) is 1.80. The Morgan fingerprint density at radius 3 is 2.59 bits per heavy atom. The standard InChI is InChI=1S/C25H29NO6/c1-23-14-8-9-24(19(22(28)31-5)17(14)21(27)30-4)16-12-13-6-7-15(29-3)20(32-23)18(13)25(23,24)10-11-26(16)2/h6-9,14,16-17,19H,10-12H2,1-5H3. The van der Waals surface area contributed by atoms with E-state index in [1.54, 1.807) is 7.11 Å². The molecule has 170 valence electrons. The Morgan fingerprint density at radius 1 is 1.16 bits per heavy atom. The molecule has 7 rings (SSSR count). The van der Waals surface area contributed by atoms with Crippen molar-refractivity contribution in [3.63, 3.8) is 0 Å². The molecule has 1 saturated heterocycles. The van der Waals surface area contributed by atoms with Gasteiger partial charge in [0.05, 0.1) is 38.6 Å². The van der Waals surface area contributed by atoms with E-state index in [0.717, 1.165) is 30.7 Å². The first kappa shape index (κ1) is 20.1. The van der Waals surface area contributed by atoms with Crippen LogP contribution in [0.4, 0.5) is 0 Å². The summed E-state index contributed by atoms with van der Waals surface area (Å²) in [6.07, 6.45) is 5.92. The number of nitrogens with zero attached hydrogens (tertiary/aromatic N) is 1. The summed E-state index contributed by atoms with van der Waals surface area (Å²) in [5.74, 6) is -0.920. The first-order valence-electron chi connectivity index (χ1n) is 11.3. The van der Waals surface area contributed by atoms with E-state index in [1.807, 2.05) is 6.07 Å². The maximum atomic E-state index is 13.5. The Balaban J connectivity index is 1.74. The zero-order chi connectivity index (χ0) is 22.6.